The molecule has 62 valence electrons. The van der Waals surface area contributed by atoms with Crippen LogP contribution in [0.4, 0.5) is 0 Å². The first-order chi connectivity index (χ1) is 4.22. The molecule has 4 nitrogen and oxygen atoms in total. The fourth-order valence-corrected chi connectivity index (χ4v) is 0.377. The number of aldehydes is 1. The van der Waals surface area contributed by atoms with E-state index < -0.39 is 18.8 Å². The average molecular weight is 190 g/mol. The Hall–Kier alpha value is 0.0695. The second kappa shape index (κ2) is 7.18. The van der Waals surface area contributed by atoms with Crippen molar-refractivity contribution in [1.82, 2.24) is 0 Å². The smallest absolute Gasteiger partial charge is 0.122 e. The number of carbonyl (C=O) groups is 1. The van der Waals surface area contributed by atoms with Crippen LogP contribution in [0.3, 0.4) is 0 Å². The van der Waals surface area contributed by atoms with E-state index >= 15 is 0 Å². The number of hydrogen-bond donors (Lipinski definition) is 3. The molecule has 0 amide bonds. The zero-order valence-electron chi connectivity index (χ0n) is 5.25. The largest absolute Gasteiger partial charge is 0.394 e. The zero-order chi connectivity index (χ0) is 7.28. The molecular weight excluding hydrogens is 180 g/mol. The Morgan fingerprint density at radius 2 is 1.80 bits per heavy atom. The van der Waals surface area contributed by atoms with E-state index in [1.54, 1.807) is 0 Å². The standard InChI is InChI=1S/C5H10O4.Fe/c6-2-1-4(8)5(9)3-7;/h2,4-5,7-9H,1,3H2;. The maximum absolute atomic E-state index is 9.68. The quantitative estimate of drug-likeness (QED) is 0.364. The number of hydrogen-bond acceptors (Lipinski definition) is 4. The fourth-order valence-electron chi connectivity index (χ4n) is 0.377. The van der Waals surface area contributed by atoms with Crippen LogP contribution >= 0.6 is 0 Å². The Labute approximate surface area is 69.3 Å². The first-order valence-corrected chi connectivity index (χ1v) is 2.63. The van der Waals surface area contributed by atoms with Crippen LogP contribution in [0.1, 0.15) is 6.42 Å². The van der Waals surface area contributed by atoms with E-state index in [1.165, 1.54) is 0 Å². The maximum Gasteiger partial charge on any atom is 0.122 e. The summed E-state index contributed by atoms with van der Waals surface area (Å²) >= 11 is 0. The van der Waals surface area contributed by atoms with Crippen LogP contribution in [0.5, 0.6) is 0 Å². The minimum absolute atomic E-state index is 0. The molecule has 10 heavy (non-hydrogen) atoms. The normalized spacial score (nSPS) is 15.1. The number of carbonyl (C=O) groups excluding carboxylic acids is 1. The van der Waals surface area contributed by atoms with Gasteiger partial charge in [-0.2, -0.15) is 0 Å². The summed E-state index contributed by atoms with van der Waals surface area (Å²) in [6.45, 7) is -0.519. The molecule has 0 aromatic heterocycles. The van der Waals surface area contributed by atoms with Crippen molar-refractivity contribution in [2.75, 3.05) is 6.61 Å². The number of rotatable bonds is 4. The van der Waals surface area contributed by atoms with Crippen LogP contribution in [0.15, 0.2) is 0 Å². The van der Waals surface area contributed by atoms with E-state index in [1.807, 2.05) is 0 Å². The van der Waals surface area contributed by atoms with Crippen LogP contribution in [-0.4, -0.2) is 40.4 Å². The molecule has 2 unspecified atom stereocenters. The Balaban J connectivity index is 0. The third-order valence-corrected chi connectivity index (χ3v) is 0.969. The first kappa shape index (κ1) is 12.7. The second-order valence-corrected chi connectivity index (χ2v) is 1.72. The van der Waals surface area contributed by atoms with Crippen molar-refractivity contribution in [3.8, 4) is 0 Å². The third-order valence-electron chi connectivity index (χ3n) is 0.969. The fraction of sp³-hybridized carbons (Fsp3) is 0.800. The van der Waals surface area contributed by atoms with Gasteiger partial charge in [0.1, 0.15) is 12.4 Å². The number of aliphatic hydroxyl groups is 3. The molecule has 0 aromatic rings. The summed E-state index contributed by atoms with van der Waals surface area (Å²) in [6.07, 6.45) is -1.98. The molecule has 0 heterocycles. The zero-order valence-corrected chi connectivity index (χ0v) is 6.35. The predicted molar refractivity (Wildman–Crippen MR) is 29.8 cm³/mol. The second-order valence-electron chi connectivity index (χ2n) is 1.72. The SMILES string of the molecule is O=CCC(O)C(O)CO.[Fe]. The van der Waals surface area contributed by atoms with Gasteiger partial charge in [0.15, 0.2) is 0 Å². The Kier molecular flexibility index (Phi) is 9.13. The molecule has 0 saturated carbocycles. The summed E-state index contributed by atoms with van der Waals surface area (Å²) in [7, 11) is 0. The van der Waals surface area contributed by atoms with E-state index in [2.05, 4.69) is 0 Å². The van der Waals surface area contributed by atoms with Crippen molar-refractivity contribution in [3.05, 3.63) is 0 Å². The van der Waals surface area contributed by atoms with Crippen molar-refractivity contribution in [1.29, 1.82) is 0 Å². The van der Waals surface area contributed by atoms with E-state index in [9.17, 15) is 4.79 Å². The minimum atomic E-state index is -1.20. The van der Waals surface area contributed by atoms with Gasteiger partial charge in [0.05, 0.1) is 12.7 Å². The van der Waals surface area contributed by atoms with Crippen molar-refractivity contribution >= 4 is 6.29 Å². The van der Waals surface area contributed by atoms with E-state index in [0.29, 0.717) is 6.29 Å². The van der Waals surface area contributed by atoms with E-state index in [0.717, 1.165) is 0 Å². The minimum Gasteiger partial charge on any atom is -0.394 e. The van der Waals surface area contributed by atoms with Crippen molar-refractivity contribution in [2.45, 2.75) is 18.6 Å². The molecule has 0 aliphatic heterocycles. The predicted octanol–water partition coefficient (Wildman–Crippen LogP) is -1.71. The summed E-state index contributed by atoms with van der Waals surface area (Å²) in [5, 5.41) is 25.5. The molecular formula is C5H10FeO4. The van der Waals surface area contributed by atoms with Gasteiger partial charge in [0.25, 0.3) is 0 Å². The monoisotopic (exact) mass is 190 g/mol. The first-order valence-electron chi connectivity index (χ1n) is 2.63. The molecule has 0 bridgehead atoms. The Morgan fingerprint density at radius 3 is 2.10 bits per heavy atom. The summed E-state index contributed by atoms with van der Waals surface area (Å²) in [6, 6.07) is 0. The number of aliphatic hydroxyl groups excluding tert-OH is 3. The molecule has 0 aliphatic rings. The summed E-state index contributed by atoms with van der Waals surface area (Å²) in [5.74, 6) is 0. The molecule has 2 atom stereocenters. The molecule has 3 N–H and O–H groups in total. The molecule has 0 aliphatic carbocycles. The molecule has 0 saturated heterocycles. The van der Waals surface area contributed by atoms with E-state index in [4.69, 9.17) is 15.3 Å². The van der Waals surface area contributed by atoms with Gasteiger partial charge >= 0.3 is 0 Å². The maximum atomic E-state index is 9.68. The third kappa shape index (κ3) is 4.90. The average Bonchev–Trinajstić information content (AvgIpc) is 1.87. The van der Waals surface area contributed by atoms with E-state index in [-0.39, 0.29) is 23.5 Å². The molecule has 0 rings (SSSR count). The Bertz CT molecular complexity index is 87.7. The van der Waals surface area contributed by atoms with Gasteiger partial charge in [-0.15, -0.1) is 0 Å². The molecule has 5 heteroatoms. The van der Waals surface area contributed by atoms with Gasteiger partial charge < -0.3 is 20.1 Å². The van der Waals surface area contributed by atoms with Gasteiger partial charge in [-0.1, -0.05) is 0 Å². The van der Waals surface area contributed by atoms with Gasteiger partial charge in [0, 0.05) is 23.5 Å². The molecule has 0 fully saturated rings. The molecule has 0 spiro atoms. The Morgan fingerprint density at radius 1 is 1.30 bits per heavy atom. The van der Waals surface area contributed by atoms with Gasteiger partial charge in [0.2, 0.25) is 0 Å². The summed E-state index contributed by atoms with van der Waals surface area (Å²) in [5.41, 5.74) is 0. The summed E-state index contributed by atoms with van der Waals surface area (Å²) in [4.78, 5) is 9.68. The molecule has 0 radical (unpaired) electrons. The van der Waals surface area contributed by atoms with Crippen molar-refractivity contribution in [2.24, 2.45) is 0 Å². The van der Waals surface area contributed by atoms with Crippen LogP contribution < -0.4 is 0 Å². The summed E-state index contributed by atoms with van der Waals surface area (Å²) < 4.78 is 0. The van der Waals surface area contributed by atoms with Crippen LogP contribution in [0, 0.1) is 0 Å². The van der Waals surface area contributed by atoms with Gasteiger partial charge in [-0.3, -0.25) is 0 Å². The van der Waals surface area contributed by atoms with Crippen molar-refractivity contribution < 1.29 is 37.2 Å². The van der Waals surface area contributed by atoms with Gasteiger partial charge in [-0.25, -0.2) is 0 Å². The van der Waals surface area contributed by atoms with Crippen molar-refractivity contribution in [3.63, 3.8) is 0 Å². The van der Waals surface area contributed by atoms with Crippen LogP contribution in [0.2, 0.25) is 0 Å². The van der Waals surface area contributed by atoms with Crippen LogP contribution in [-0.2, 0) is 21.9 Å². The van der Waals surface area contributed by atoms with Gasteiger partial charge in [-0.05, 0) is 0 Å². The molecule has 0 aromatic carbocycles. The van der Waals surface area contributed by atoms with Crippen LogP contribution in [0.25, 0.3) is 0 Å². The topological polar surface area (TPSA) is 77.8 Å².